The van der Waals surface area contributed by atoms with Gasteiger partial charge in [0.05, 0.1) is 37.3 Å². The molecular formula is C26H36N2O6S. The number of benzene rings is 2. The van der Waals surface area contributed by atoms with E-state index in [-0.39, 0.29) is 29.9 Å². The number of hydrogen-bond acceptors (Lipinski definition) is 6. The summed E-state index contributed by atoms with van der Waals surface area (Å²) in [5, 5.41) is 13.9. The van der Waals surface area contributed by atoms with Crippen LogP contribution in [0.2, 0.25) is 0 Å². The van der Waals surface area contributed by atoms with E-state index in [1.807, 2.05) is 30.3 Å². The van der Waals surface area contributed by atoms with E-state index in [2.05, 4.69) is 5.32 Å². The molecule has 0 aliphatic heterocycles. The highest BCUT2D eigenvalue weighted by Crippen LogP contribution is 2.26. The fraction of sp³-hybridized carbons (Fsp3) is 0.500. The summed E-state index contributed by atoms with van der Waals surface area (Å²) >= 11 is 0. The van der Waals surface area contributed by atoms with Gasteiger partial charge in [-0.05, 0) is 55.0 Å². The number of sulfonamides is 1. The lowest BCUT2D eigenvalue weighted by atomic mass is 9.90. The standard InChI is InChI=1S/C26H36N2O6S/c1-20(29)27-25(17-21-9-5-3-6-10-21)26(30)18-28(34-19-22-11-7-4-8-12-22)35(31,32)24-15-13-23(33-2)14-16-24/h3,5-6,9-10,13-16,22,25-26,30H,4,7-8,11-12,17-19H2,1-2H3,(H,27,29). The number of carbonyl (C=O) groups is 1. The number of methoxy groups -OCH3 is 1. The van der Waals surface area contributed by atoms with Crippen LogP contribution in [0.4, 0.5) is 0 Å². The summed E-state index contributed by atoms with van der Waals surface area (Å²) in [4.78, 5) is 17.8. The lowest BCUT2D eigenvalue weighted by Gasteiger charge is -2.30. The molecule has 0 radical (unpaired) electrons. The Labute approximate surface area is 208 Å². The van der Waals surface area contributed by atoms with Crippen molar-refractivity contribution >= 4 is 15.9 Å². The van der Waals surface area contributed by atoms with Crippen LogP contribution >= 0.6 is 0 Å². The zero-order valence-electron chi connectivity index (χ0n) is 20.4. The molecule has 8 nitrogen and oxygen atoms in total. The van der Waals surface area contributed by atoms with Crippen molar-refractivity contribution in [2.45, 2.75) is 62.5 Å². The molecule has 2 aromatic carbocycles. The van der Waals surface area contributed by atoms with E-state index in [0.29, 0.717) is 12.2 Å². The highest BCUT2D eigenvalue weighted by molar-refractivity contribution is 7.89. The smallest absolute Gasteiger partial charge is 0.265 e. The van der Waals surface area contributed by atoms with E-state index in [0.717, 1.165) is 35.7 Å². The van der Waals surface area contributed by atoms with Gasteiger partial charge in [0.1, 0.15) is 5.75 Å². The Hall–Kier alpha value is -2.46. The van der Waals surface area contributed by atoms with E-state index >= 15 is 0 Å². The van der Waals surface area contributed by atoms with Crippen molar-refractivity contribution in [3.8, 4) is 5.75 Å². The molecule has 1 aliphatic rings. The van der Waals surface area contributed by atoms with Crippen LogP contribution in [0.15, 0.2) is 59.5 Å². The number of hydrogen-bond donors (Lipinski definition) is 2. The largest absolute Gasteiger partial charge is 0.497 e. The summed E-state index contributed by atoms with van der Waals surface area (Å²) in [6, 6.07) is 14.8. The monoisotopic (exact) mass is 504 g/mol. The molecule has 0 spiro atoms. The third-order valence-electron chi connectivity index (χ3n) is 6.29. The minimum absolute atomic E-state index is 0.0354. The molecule has 2 atom stereocenters. The van der Waals surface area contributed by atoms with Gasteiger partial charge in [-0.2, -0.15) is 0 Å². The molecule has 9 heteroatoms. The van der Waals surface area contributed by atoms with Crippen molar-refractivity contribution < 1.29 is 27.9 Å². The first-order valence-electron chi connectivity index (χ1n) is 12.1. The Morgan fingerprint density at radius 1 is 1.09 bits per heavy atom. The minimum atomic E-state index is -4.07. The SMILES string of the molecule is COc1ccc(S(=O)(=O)N(CC(O)C(Cc2ccccc2)NC(C)=O)OCC2CCCCC2)cc1. The van der Waals surface area contributed by atoms with Gasteiger partial charge in [-0.15, -0.1) is 0 Å². The van der Waals surface area contributed by atoms with Gasteiger partial charge in [0.15, 0.2) is 0 Å². The number of nitrogens with zero attached hydrogens (tertiary/aromatic N) is 1. The van der Waals surface area contributed by atoms with E-state index < -0.39 is 22.2 Å². The van der Waals surface area contributed by atoms with E-state index in [9.17, 15) is 18.3 Å². The summed E-state index contributed by atoms with van der Waals surface area (Å²) in [5.74, 6) is 0.495. The Balaban J connectivity index is 1.81. The Kier molecular flexibility index (Phi) is 10.1. The molecule has 192 valence electrons. The fourth-order valence-corrected chi connectivity index (χ4v) is 5.58. The first-order valence-corrected chi connectivity index (χ1v) is 13.5. The summed E-state index contributed by atoms with van der Waals surface area (Å²) in [6.45, 7) is 1.31. The molecule has 3 rings (SSSR count). The Morgan fingerprint density at radius 3 is 2.34 bits per heavy atom. The van der Waals surface area contributed by atoms with Gasteiger partial charge in [-0.25, -0.2) is 8.42 Å². The molecule has 1 fully saturated rings. The number of rotatable bonds is 12. The van der Waals surface area contributed by atoms with Crippen LogP contribution in [0.1, 0.15) is 44.6 Å². The zero-order chi connectivity index (χ0) is 25.3. The van der Waals surface area contributed by atoms with Crippen molar-refractivity contribution in [2.75, 3.05) is 20.3 Å². The molecule has 35 heavy (non-hydrogen) atoms. The summed E-state index contributed by atoms with van der Waals surface area (Å²) < 4.78 is 33.0. The van der Waals surface area contributed by atoms with Crippen LogP contribution in [0.3, 0.4) is 0 Å². The van der Waals surface area contributed by atoms with Crippen LogP contribution in [0.5, 0.6) is 5.75 Å². The topological polar surface area (TPSA) is 105 Å². The first kappa shape index (κ1) is 27.1. The second-order valence-corrected chi connectivity index (χ2v) is 10.9. The van der Waals surface area contributed by atoms with Gasteiger partial charge in [-0.3, -0.25) is 9.63 Å². The maximum Gasteiger partial charge on any atom is 0.265 e. The van der Waals surface area contributed by atoms with Crippen molar-refractivity contribution in [1.82, 2.24) is 9.79 Å². The third-order valence-corrected chi connectivity index (χ3v) is 7.95. The molecule has 2 aromatic rings. The number of aliphatic hydroxyl groups is 1. The molecule has 0 aromatic heterocycles. The average molecular weight is 505 g/mol. The van der Waals surface area contributed by atoms with Crippen LogP contribution in [-0.2, 0) is 26.1 Å². The average Bonchev–Trinajstić information content (AvgIpc) is 2.87. The van der Waals surface area contributed by atoms with Gasteiger partial charge < -0.3 is 15.2 Å². The van der Waals surface area contributed by atoms with Gasteiger partial charge in [0, 0.05) is 6.92 Å². The summed E-state index contributed by atoms with van der Waals surface area (Å²) in [7, 11) is -2.57. The maximum absolute atomic E-state index is 13.5. The van der Waals surface area contributed by atoms with Gasteiger partial charge >= 0.3 is 0 Å². The van der Waals surface area contributed by atoms with E-state index in [1.54, 1.807) is 12.1 Å². The van der Waals surface area contributed by atoms with Crippen molar-refractivity contribution in [2.24, 2.45) is 5.92 Å². The molecule has 1 saturated carbocycles. The molecule has 0 heterocycles. The molecule has 2 N–H and O–H groups in total. The summed E-state index contributed by atoms with van der Waals surface area (Å²) in [6.07, 6.45) is 4.51. The van der Waals surface area contributed by atoms with Crippen LogP contribution in [0, 0.1) is 5.92 Å². The first-order chi connectivity index (χ1) is 16.8. The molecule has 0 saturated heterocycles. The Morgan fingerprint density at radius 2 is 1.74 bits per heavy atom. The molecule has 0 bridgehead atoms. The van der Waals surface area contributed by atoms with Gasteiger partial charge in [0.25, 0.3) is 10.0 Å². The minimum Gasteiger partial charge on any atom is -0.497 e. The molecular weight excluding hydrogens is 468 g/mol. The van der Waals surface area contributed by atoms with Crippen molar-refractivity contribution in [3.63, 3.8) is 0 Å². The second kappa shape index (κ2) is 13.0. The number of carbonyl (C=O) groups excluding carboxylic acids is 1. The third kappa shape index (κ3) is 8.03. The zero-order valence-corrected chi connectivity index (χ0v) is 21.2. The lowest BCUT2D eigenvalue weighted by molar-refractivity contribution is -0.127. The van der Waals surface area contributed by atoms with E-state index in [1.165, 1.54) is 32.6 Å². The van der Waals surface area contributed by atoms with Crippen molar-refractivity contribution in [3.05, 3.63) is 60.2 Å². The van der Waals surface area contributed by atoms with E-state index in [4.69, 9.17) is 9.57 Å². The molecule has 2 unspecified atom stereocenters. The van der Waals surface area contributed by atoms with Crippen LogP contribution in [-0.4, -0.2) is 56.3 Å². The van der Waals surface area contributed by atoms with Crippen molar-refractivity contribution in [1.29, 1.82) is 0 Å². The highest BCUT2D eigenvalue weighted by Gasteiger charge is 2.32. The number of nitrogens with one attached hydrogen (secondary N) is 1. The quantitative estimate of drug-likeness (QED) is 0.430. The van der Waals surface area contributed by atoms with Crippen LogP contribution < -0.4 is 10.1 Å². The molecule has 1 amide bonds. The predicted octanol–water partition coefficient (Wildman–Crippen LogP) is 3.31. The second-order valence-electron chi connectivity index (χ2n) is 9.03. The fourth-order valence-electron chi connectivity index (χ4n) is 4.32. The number of hydroxylamine groups is 1. The maximum atomic E-state index is 13.5. The molecule has 1 aliphatic carbocycles. The summed E-state index contributed by atoms with van der Waals surface area (Å²) in [5.41, 5.74) is 0.915. The Bertz CT molecular complexity index is 1020. The normalized spacial score (nSPS) is 16.6. The van der Waals surface area contributed by atoms with Gasteiger partial charge in [0.2, 0.25) is 5.91 Å². The predicted molar refractivity (Wildman–Crippen MR) is 133 cm³/mol. The van der Waals surface area contributed by atoms with Crippen LogP contribution in [0.25, 0.3) is 0 Å². The highest BCUT2D eigenvalue weighted by atomic mass is 32.2. The lowest BCUT2D eigenvalue weighted by Crippen LogP contribution is -2.50. The number of ether oxygens (including phenoxy) is 1. The number of aliphatic hydroxyl groups excluding tert-OH is 1. The number of amides is 1. The van der Waals surface area contributed by atoms with Gasteiger partial charge in [-0.1, -0.05) is 54.1 Å².